The minimum atomic E-state index is -1.07. The second-order valence-electron chi connectivity index (χ2n) is 2.26. The third-order valence-corrected chi connectivity index (χ3v) is 3.13. The van der Waals surface area contributed by atoms with Crippen molar-refractivity contribution in [3.63, 3.8) is 0 Å². The van der Waals surface area contributed by atoms with Gasteiger partial charge >= 0.3 is 5.97 Å². The Balaban J connectivity index is 3.36. The van der Waals surface area contributed by atoms with E-state index >= 15 is 0 Å². The maximum atomic E-state index is 10.6. The summed E-state index contributed by atoms with van der Waals surface area (Å²) >= 11 is 7.25. The van der Waals surface area contributed by atoms with Crippen LogP contribution in [0.5, 0.6) is 0 Å². The van der Waals surface area contributed by atoms with Gasteiger partial charge in [-0.05, 0) is 28.4 Å². The van der Waals surface area contributed by atoms with Gasteiger partial charge in [0.15, 0.2) is 5.69 Å². The van der Waals surface area contributed by atoms with Gasteiger partial charge in [0.1, 0.15) is 0 Å². The molecule has 0 aromatic carbocycles. The first kappa shape index (κ1) is 9.54. The van der Waals surface area contributed by atoms with Gasteiger partial charge in [-0.2, -0.15) is 0 Å². The fourth-order valence-electron chi connectivity index (χ4n) is 0.726. The minimum absolute atomic E-state index is 0.0317. The average molecular weight is 248 g/mol. The lowest BCUT2D eigenvalue weighted by atomic mass is 10.3. The maximum absolute atomic E-state index is 10.6. The van der Waals surface area contributed by atoms with Crippen molar-refractivity contribution in [1.82, 2.24) is 4.98 Å². The van der Waals surface area contributed by atoms with E-state index < -0.39 is 5.97 Å². The van der Waals surface area contributed by atoms with Crippen LogP contribution in [0, 0.1) is 6.92 Å². The Morgan fingerprint density at radius 1 is 1.75 bits per heavy atom. The molecule has 0 aliphatic heterocycles. The van der Waals surface area contributed by atoms with Gasteiger partial charge < -0.3 is 5.11 Å². The van der Waals surface area contributed by atoms with Gasteiger partial charge in [0.25, 0.3) is 0 Å². The molecular weight excluding hydrogens is 242 g/mol. The number of nitrogens with zero attached hydrogens (tertiary/aromatic N) is 1. The molecule has 1 aromatic heterocycles. The highest BCUT2D eigenvalue weighted by molar-refractivity contribution is 9.10. The highest BCUT2D eigenvalue weighted by Gasteiger charge is 2.12. The quantitative estimate of drug-likeness (QED) is 0.748. The second kappa shape index (κ2) is 3.45. The van der Waals surface area contributed by atoms with Gasteiger partial charge in [-0.3, -0.25) is 0 Å². The Morgan fingerprint density at radius 3 is 2.83 bits per heavy atom. The summed E-state index contributed by atoms with van der Waals surface area (Å²) in [6.45, 7) is 1.82. The van der Waals surface area contributed by atoms with E-state index in [0.717, 1.165) is 5.56 Å². The summed E-state index contributed by atoms with van der Waals surface area (Å²) in [5, 5.41) is 8.65. The number of pyridine rings is 1. The van der Waals surface area contributed by atoms with Gasteiger partial charge in [-0.25, -0.2) is 9.78 Å². The van der Waals surface area contributed by atoms with Crippen molar-refractivity contribution < 1.29 is 9.90 Å². The third kappa shape index (κ3) is 1.61. The first-order chi connectivity index (χ1) is 5.54. The van der Waals surface area contributed by atoms with Crippen LogP contribution in [0.25, 0.3) is 0 Å². The molecule has 1 heterocycles. The van der Waals surface area contributed by atoms with E-state index in [9.17, 15) is 4.79 Å². The standard InChI is InChI=1S/C7H6BrNO2S/c1-3-2-9-5(7(10)11)6(12)4(3)8/h2,12H,1H3,(H,10,11). The molecule has 0 radical (unpaired) electrons. The predicted octanol–water partition coefficient (Wildman–Crippen LogP) is 2.14. The van der Waals surface area contributed by atoms with Gasteiger partial charge in [0, 0.05) is 10.7 Å². The molecule has 0 aliphatic carbocycles. The Bertz CT molecular complexity index is 340. The van der Waals surface area contributed by atoms with Gasteiger partial charge in [0.2, 0.25) is 0 Å². The Labute approximate surface area is 83.4 Å². The van der Waals surface area contributed by atoms with Crippen molar-refractivity contribution in [3.8, 4) is 0 Å². The Hall–Kier alpha value is -0.550. The van der Waals surface area contributed by atoms with E-state index in [0.29, 0.717) is 9.37 Å². The van der Waals surface area contributed by atoms with Crippen molar-refractivity contribution in [2.75, 3.05) is 0 Å². The van der Waals surface area contributed by atoms with Gasteiger partial charge in [0.05, 0.1) is 4.90 Å². The van der Waals surface area contributed by atoms with Crippen LogP contribution < -0.4 is 0 Å². The van der Waals surface area contributed by atoms with Crippen LogP contribution in [0.2, 0.25) is 0 Å². The summed E-state index contributed by atoms with van der Waals surface area (Å²) in [6, 6.07) is 0. The molecule has 0 atom stereocenters. The fourth-order valence-corrected chi connectivity index (χ4v) is 1.35. The van der Waals surface area contributed by atoms with Crippen LogP contribution in [0.4, 0.5) is 0 Å². The van der Waals surface area contributed by atoms with E-state index in [1.54, 1.807) is 0 Å². The fraction of sp³-hybridized carbons (Fsp3) is 0.143. The van der Waals surface area contributed by atoms with Crippen LogP contribution >= 0.6 is 28.6 Å². The number of aryl methyl sites for hydroxylation is 1. The van der Waals surface area contributed by atoms with Crippen molar-refractivity contribution in [1.29, 1.82) is 0 Å². The third-order valence-electron chi connectivity index (χ3n) is 1.37. The molecule has 0 unspecified atom stereocenters. The molecule has 1 rings (SSSR count). The van der Waals surface area contributed by atoms with Crippen LogP contribution in [-0.2, 0) is 0 Å². The molecule has 1 N–H and O–H groups in total. The van der Waals surface area contributed by atoms with Crippen LogP contribution in [0.1, 0.15) is 16.1 Å². The topological polar surface area (TPSA) is 50.2 Å². The predicted molar refractivity (Wildman–Crippen MR) is 50.9 cm³/mol. The molecule has 0 saturated carbocycles. The SMILES string of the molecule is Cc1cnc(C(=O)O)c(S)c1Br. The van der Waals surface area contributed by atoms with Gasteiger partial charge in [-0.1, -0.05) is 0 Å². The highest BCUT2D eigenvalue weighted by Crippen LogP contribution is 2.25. The summed E-state index contributed by atoms with van der Waals surface area (Å²) in [7, 11) is 0. The van der Waals surface area contributed by atoms with E-state index in [-0.39, 0.29) is 5.69 Å². The summed E-state index contributed by atoms with van der Waals surface area (Å²) in [4.78, 5) is 14.6. The van der Waals surface area contributed by atoms with Crippen molar-refractivity contribution in [2.45, 2.75) is 11.8 Å². The van der Waals surface area contributed by atoms with Crippen molar-refractivity contribution in [3.05, 3.63) is 21.9 Å². The van der Waals surface area contributed by atoms with Crippen LogP contribution in [0.15, 0.2) is 15.6 Å². The molecule has 0 bridgehead atoms. The molecule has 0 amide bonds. The molecule has 0 fully saturated rings. The molecular formula is C7H6BrNO2S. The summed E-state index contributed by atoms with van der Waals surface area (Å²) in [5.41, 5.74) is 0.834. The molecule has 1 aromatic rings. The molecule has 0 aliphatic rings. The lowest BCUT2D eigenvalue weighted by Gasteiger charge is -2.03. The van der Waals surface area contributed by atoms with E-state index in [1.165, 1.54) is 6.20 Å². The zero-order valence-corrected chi connectivity index (χ0v) is 8.69. The molecule has 64 valence electrons. The van der Waals surface area contributed by atoms with Crippen molar-refractivity contribution >= 4 is 34.5 Å². The van der Waals surface area contributed by atoms with Crippen LogP contribution in [0.3, 0.4) is 0 Å². The molecule has 0 spiro atoms. The number of carboxylic acid groups (broad SMARTS) is 1. The smallest absolute Gasteiger partial charge is 0.355 e. The number of hydrogen-bond donors (Lipinski definition) is 2. The lowest BCUT2D eigenvalue weighted by Crippen LogP contribution is -2.02. The van der Waals surface area contributed by atoms with E-state index in [1.807, 2.05) is 6.92 Å². The maximum Gasteiger partial charge on any atom is 0.355 e. The van der Waals surface area contributed by atoms with Gasteiger partial charge in [-0.15, -0.1) is 12.6 Å². The number of hydrogen-bond acceptors (Lipinski definition) is 3. The molecule has 3 nitrogen and oxygen atoms in total. The normalized spacial score (nSPS) is 9.92. The largest absolute Gasteiger partial charge is 0.476 e. The molecule has 12 heavy (non-hydrogen) atoms. The van der Waals surface area contributed by atoms with Crippen molar-refractivity contribution in [2.24, 2.45) is 0 Å². The number of carboxylic acids is 1. The zero-order valence-electron chi connectivity index (χ0n) is 6.21. The van der Waals surface area contributed by atoms with E-state index in [2.05, 4.69) is 33.5 Å². The highest BCUT2D eigenvalue weighted by atomic mass is 79.9. The number of aromatic nitrogens is 1. The lowest BCUT2D eigenvalue weighted by molar-refractivity contribution is 0.0686. The Morgan fingerprint density at radius 2 is 2.33 bits per heavy atom. The molecule has 0 saturated heterocycles. The van der Waals surface area contributed by atoms with Crippen LogP contribution in [-0.4, -0.2) is 16.1 Å². The summed E-state index contributed by atoms with van der Waals surface area (Å²) < 4.78 is 0.679. The second-order valence-corrected chi connectivity index (χ2v) is 3.50. The monoisotopic (exact) mass is 247 g/mol. The number of carbonyl (C=O) groups is 1. The number of rotatable bonds is 1. The number of thiol groups is 1. The minimum Gasteiger partial charge on any atom is -0.476 e. The summed E-state index contributed by atoms with van der Waals surface area (Å²) in [5.74, 6) is -1.07. The zero-order chi connectivity index (χ0) is 9.30. The number of halogens is 1. The summed E-state index contributed by atoms with van der Waals surface area (Å²) in [6.07, 6.45) is 1.49. The Kier molecular flexibility index (Phi) is 2.74. The number of aromatic carboxylic acids is 1. The first-order valence-corrected chi connectivity index (χ1v) is 4.35. The first-order valence-electron chi connectivity index (χ1n) is 3.11. The van der Waals surface area contributed by atoms with E-state index in [4.69, 9.17) is 5.11 Å². The average Bonchev–Trinajstić information content (AvgIpc) is 2.00. The molecule has 5 heteroatoms.